The van der Waals surface area contributed by atoms with Crippen molar-refractivity contribution in [3.63, 3.8) is 0 Å². The lowest BCUT2D eigenvalue weighted by atomic mass is 9.57. The van der Waals surface area contributed by atoms with Crippen molar-refractivity contribution < 1.29 is 24.5 Å². The molecule has 0 bridgehead atoms. The lowest BCUT2D eigenvalue weighted by Crippen LogP contribution is -2.54. The maximum atomic E-state index is 12.4. The van der Waals surface area contributed by atoms with E-state index < -0.39 is 28.6 Å². The highest BCUT2D eigenvalue weighted by Gasteiger charge is 2.87. The van der Waals surface area contributed by atoms with Crippen LogP contribution < -0.4 is 0 Å². The van der Waals surface area contributed by atoms with E-state index in [4.69, 9.17) is 4.74 Å². The first-order valence-corrected chi connectivity index (χ1v) is 12.1. The lowest BCUT2D eigenvalue weighted by molar-refractivity contribution is -0.154. The zero-order chi connectivity index (χ0) is 21.4. The number of hydrogen-bond donors (Lipinski definition) is 2. The monoisotopic (exact) mass is 410 g/mol. The molecule has 1 heterocycles. The molecule has 1 aliphatic heterocycles. The summed E-state index contributed by atoms with van der Waals surface area (Å²) in [6.45, 7) is 4.40. The lowest BCUT2D eigenvalue weighted by Gasteiger charge is -2.42. The molecular weight excluding hydrogens is 368 g/mol. The van der Waals surface area contributed by atoms with Crippen LogP contribution in [0.5, 0.6) is 0 Å². The minimum atomic E-state index is -1.52. The van der Waals surface area contributed by atoms with E-state index >= 15 is 0 Å². The summed E-state index contributed by atoms with van der Waals surface area (Å²) >= 11 is 0. The molecule has 1 aliphatic carbocycles. The van der Waals surface area contributed by atoms with Crippen molar-refractivity contribution >= 4 is 11.9 Å². The van der Waals surface area contributed by atoms with Crippen molar-refractivity contribution in [3.05, 3.63) is 0 Å². The number of epoxide rings is 1. The summed E-state index contributed by atoms with van der Waals surface area (Å²) < 4.78 is 5.78. The second-order valence-corrected chi connectivity index (χ2v) is 9.39. The number of unbranched alkanes of at least 4 members (excludes halogenated alkanes) is 10. The first kappa shape index (κ1) is 24.2. The SMILES string of the molecule is CCCCCCCCC1(CCCCCCCC)CCCC2(C(=O)O)OC12C(=O)O. The van der Waals surface area contributed by atoms with Gasteiger partial charge in [0.25, 0.3) is 0 Å². The topological polar surface area (TPSA) is 87.1 Å². The van der Waals surface area contributed by atoms with Gasteiger partial charge in [0.15, 0.2) is 0 Å². The normalized spacial score (nSPS) is 27.4. The largest absolute Gasteiger partial charge is 0.479 e. The van der Waals surface area contributed by atoms with Gasteiger partial charge in [-0.15, -0.1) is 0 Å². The van der Waals surface area contributed by atoms with Crippen molar-refractivity contribution in [2.45, 2.75) is 134 Å². The summed E-state index contributed by atoms with van der Waals surface area (Å²) in [7, 11) is 0. The molecular formula is C24H42O5. The minimum Gasteiger partial charge on any atom is -0.479 e. The molecule has 29 heavy (non-hydrogen) atoms. The molecule has 2 fully saturated rings. The summed E-state index contributed by atoms with van der Waals surface area (Å²) in [4.78, 5) is 24.4. The molecule has 2 N–H and O–H groups in total. The Hall–Kier alpha value is -1.10. The number of carboxylic acids is 2. The van der Waals surface area contributed by atoms with Crippen LogP contribution in [0.25, 0.3) is 0 Å². The van der Waals surface area contributed by atoms with Crippen LogP contribution in [0.1, 0.15) is 123 Å². The Morgan fingerprint density at radius 2 is 1.21 bits per heavy atom. The van der Waals surface area contributed by atoms with E-state index in [9.17, 15) is 19.8 Å². The second-order valence-electron chi connectivity index (χ2n) is 9.39. The zero-order valence-corrected chi connectivity index (χ0v) is 18.6. The summed E-state index contributed by atoms with van der Waals surface area (Å²) in [5.74, 6) is -2.15. The second kappa shape index (κ2) is 10.8. The highest BCUT2D eigenvalue weighted by molar-refractivity contribution is 5.97. The Kier molecular flexibility index (Phi) is 8.99. The van der Waals surface area contributed by atoms with Crippen molar-refractivity contribution in [3.8, 4) is 0 Å². The average molecular weight is 411 g/mol. The molecule has 0 aromatic heterocycles. The molecule has 2 atom stereocenters. The maximum absolute atomic E-state index is 12.4. The molecule has 2 aliphatic rings. The average Bonchev–Trinajstić information content (AvgIpc) is 3.41. The van der Waals surface area contributed by atoms with Gasteiger partial charge in [-0.1, -0.05) is 90.9 Å². The van der Waals surface area contributed by atoms with Gasteiger partial charge in [0.2, 0.25) is 11.2 Å². The third kappa shape index (κ3) is 4.81. The molecule has 2 unspecified atom stereocenters. The predicted octanol–water partition coefficient (Wildman–Crippen LogP) is 6.33. The summed E-state index contributed by atoms with van der Waals surface area (Å²) in [5, 5.41) is 20.0. The van der Waals surface area contributed by atoms with Gasteiger partial charge >= 0.3 is 11.9 Å². The van der Waals surface area contributed by atoms with Crippen molar-refractivity contribution in [2.24, 2.45) is 5.41 Å². The van der Waals surface area contributed by atoms with Crippen LogP contribution in [0.2, 0.25) is 0 Å². The smallest absolute Gasteiger partial charge is 0.340 e. The first-order valence-electron chi connectivity index (χ1n) is 12.1. The van der Waals surface area contributed by atoms with Crippen LogP contribution in [0.3, 0.4) is 0 Å². The third-order valence-corrected chi connectivity index (χ3v) is 7.45. The van der Waals surface area contributed by atoms with E-state index in [2.05, 4.69) is 13.8 Å². The first-order chi connectivity index (χ1) is 13.9. The van der Waals surface area contributed by atoms with Crippen LogP contribution in [0.15, 0.2) is 0 Å². The van der Waals surface area contributed by atoms with Gasteiger partial charge in [0.1, 0.15) is 0 Å². The Bertz CT molecular complexity index is 529. The van der Waals surface area contributed by atoms with Crippen LogP contribution in [0, 0.1) is 5.41 Å². The van der Waals surface area contributed by atoms with Crippen molar-refractivity contribution in [1.29, 1.82) is 0 Å². The molecule has 168 valence electrons. The van der Waals surface area contributed by atoms with Crippen LogP contribution >= 0.6 is 0 Å². The fourth-order valence-electron chi connectivity index (χ4n) is 5.81. The van der Waals surface area contributed by atoms with E-state index in [-0.39, 0.29) is 0 Å². The standard InChI is InChI=1S/C24H42O5/c1-3-5-7-9-11-13-16-22(17-14-12-10-8-6-4-2)18-15-19-23(20(25)26)24(22,29-23)21(27)28/h3-19H2,1-2H3,(H,25,26)(H,27,28). The molecule has 5 nitrogen and oxygen atoms in total. The maximum Gasteiger partial charge on any atom is 0.340 e. The fraction of sp³-hybridized carbons (Fsp3) is 0.917. The van der Waals surface area contributed by atoms with Crippen LogP contribution in [0.4, 0.5) is 0 Å². The van der Waals surface area contributed by atoms with Gasteiger partial charge in [-0.2, -0.15) is 0 Å². The zero-order valence-electron chi connectivity index (χ0n) is 18.6. The fourth-order valence-corrected chi connectivity index (χ4v) is 5.81. The predicted molar refractivity (Wildman–Crippen MR) is 114 cm³/mol. The summed E-state index contributed by atoms with van der Waals surface area (Å²) in [6.07, 6.45) is 17.2. The van der Waals surface area contributed by atoms with E-state index in [0.29, 0.717) is 6.42 Å². The molecule has 0 spiro atoms. The molecule has 2 rings (SSSR count). The van der Waals surface area contributed by atoms with Crippen molar-refractivity contribution in [2.75, 3.05) is 0 Å². The number of fused-ring (bicyclic) bond motifs is 1. The van der Waals surface area contributed by atoms with Crippen molar-refractivity contribution in [1.82, 2.24) is 0 Å². The minimum absolute atomic E-state index is 0.323. The highest BCUT2D eigenvalue weighted by atomic mass is 16.7. The summed E-state index contributed by atoms with van der Waals surface area (Å²) in [6, 6.07) is 0. The Balaban J connectivity index is 2.08. The molecule has 5 heteroatoms. The molecule has 1 saturated carbocycles. The number of ether oxygens (including phenoxy) is 1. The highest BCUT2D eigenvalue weighted by Crippen LogP contribution is 2.69. The Morgan fingerprint density at radius 1 is 0.724 bits per heavy atom. The van der Waals surface area contributed by atoms with Gasteiger partial charge in [-0.25, -0.2) is 9.59 Å². The van der Waals surface area contributed by atoms with Gasteiger partial charge in [0, 0.05) is 5.41 Å². The molecule has 0 aromatic carbocycles. The van der Waals surface area contributed by atoms with Gasteiger partial charge in [-0.3, -0.25) is 0 Å². The molecule has 0 amide bonds. The number of carbonyl (C=O) groups is 2. The van der Waals surface area contributed by atoms with Crippen LogP contribution in [-0.4, -0.2) is 33.4 Å². The van der Waals surface area contributed by atoms with Gasteiger partial charge < -0.3 is 14.9 Å². The van der Waals surface area contributed by atoms with Crippen LogP contribution in [-0.2, 0) is 14.3 Å². The number of carboxylic acid groups (broad SMARTS) is 2. The summed E-state index contributed by atoms with van der Waals surface area (Å²) in [5.41, 5.74) is -3.55. The van der Waals surface area contributed by atoms with Gasteiger partial charge in [0.05, 0.1) is 0 Å². The number of hydrogen-bond acceptors (Lipinski definition) is 3. The molecule has 0 aromatic rings. The quantitative estimate of drug-likeness (QED) is 0.229. The van der Waals surface area contributed by atoms with E-state index in [1.54, 1.807) is 0 Å². The van der Waals surface area contributed by atoms with E-state index in [0.717, 1.165) is 51.4 Å². The third-order valence-electron chi connectivity index (χ3n) is 7.45. The van der Waals surface area contributed by atoms with E-state index in [1.807, 2.05) is 0 Å². The van der Waals surface area contributed by atoms with E-state index in [1.165, 1.54) is 51.4 Å². The molecule has 1 saturated heterocycles. The van der Waals surface area contributed by atoms with Gasteiger partial charge in [-0.05, 0) is 32.1 Å². The Morgan fingerprint density at radius 3 is 1.66 bits per heavy atom. The number of aliphatic carboxylic acids is 2. The molecule has 0 radical (unpaired) electrons. The number of rotatable bonds is 16. The Labute approximate surface area is 176 Å².